The van der Waals surface area contributed by atoms with Gasteiger partial charge in [0.2, 0.25) is 0 Å². The average Bonchev–Trinajstić information content (AvgIpc) is 2.96. The lowest BCUT2D eigenvalue weighted by Crippen LogP contribution is -2.39. The lowest BCUT2D eigenvalue weighted by Gasteiger charge is -2.30. The lowest BCUT2D eigenvalue weighted by atomic mass is 9.91. The Morgan fingerprint density at radius 2 is 1.91 bits per heavy atom. The summed E-state index contributed by atoms with van der Waals surface area (Å²) in [6, 6.07) is 4.05. The molecule has 2 aromatic rings. The molecule has 0 saturated carbocycles. The van der Waals surface area contributed by atoms with Crippen molar-refractivity contribution in [3.63, 3.8) is 0 Å². The van der Waals surface area contributed by atoms with E-state index in [1.165, 1.54) is 11.9 Å². The Labute approximate surface area is 130 Å². The van der Waals surface area contributed by atoms with Gasteiger partial charge in [-0.05, 0) is 42.9 Å². The van der Waals surface area contributed by atoms with E-state index in [0.717, 1.165) is 19.3 Å². The molecule has 2 aromatic heterocycles. The molecule has 0 spiro atoms. The highest BCUT2D eigenvalue weighted by Gasteiger charge is 2.30. The Morgan fingerprint density at radius 3 is 2.50 bits per heavy atom. The van der Waals surface area contributed by atoms with Crippen LogP contribution < -0.4 is 0 Å². The van der Waals surface area contributed by atoms with Crippen molar-refractivity contribution in [1.29, 1.82) is 0 Å². The molecule has 0 amide bonds. The molecular weight excluding hydrogens is 300 g/mol. The van der Waals surface area contributed by atoms with E-state index >= 15 is 0 Å². The minimum atomic E-state index is -3.45. The molecule has 0 N–H and O–H groups in total. The van der Waals surface area contributed by atoms with E-state index in [4.69, 9.17) is 0 Å². The van der Waals surface area contributed by atoms with Crippen LogP contribution in [-0.2, 0) is 23.5 Å². The van der Waals surface area contributed by atoms with Crippen molar-refractivity contribution >= 4 is 10.0 Å². The Morgan fingerprint density at radius 1 is 1.23 bits per heavy atom. The van der Waals surface area contributed by atoms with Crippen molar-refractivity contribution < 1.29 is 8.42 Å². The summed E-state index contributed by atoms with van der Waals surface area (Å²) in [6.07, 6.45) is 9.43. The molecule has 0 radical (unpaired) electrons. The molecule has 7 heteroatoms. The quantitative estimate of drug-likeness (QED) is 0.855. The van der Waals surface area contributed by atoms with E-state index < -0.39 is 10.0 Å². The number of rotatable bonds is 4. The standard InChI is InChI=1S/C15H20N4O2S/c1-18-11-15(17-12-18)22(20,21)19-8-4-14(5-9-19)10-13-2-6-16-7-3-13/h2-3,6-7,11-12,14H,4-5,8-10H2,1H3. The van der Waals surface area contributed by atoms with E-state index in [1.807, 2.05) is 12.1 Å². The monoisotopic (exact) mass is 320 g/mol. The van der Waals surface area contributed by atoms with Crippen LogP contribution >= 0.6 is 0 Å². The first-order valence-electron chi connectivity index (χ1n) is 7.43. The summed E-state index contributed by atoms with van der Waals surface area (Å²) < 4.78 is 28.2. The van der Waals surface area contributed by atoms with Crippen LogP contribution in [0.1, 0.15) is 18.4 Å². The van der Waals surface area contributed by atoms with Gasteiger partial charge in [-0.15, -0.1) is 0 Å². The molecule has 3 rings (SSSR count). The Hall–Kier alpha value is -1.73. The number of aryl methyl sites for hydroxylation is 1. The lowest BCUT2D eigenvalue weighted by molar-refractivity contribution is 0.272. The van der Waals surface area contributed by atoms with Crippen LogP contribution in [0.25, 0.3) is 0 Å². The second-order valence-electron chi connectivity index (χ2n) is 5.78. The highest BCUT2D eigenvalue weighted by atomic mass is 32.2. The zero-order chi connectivity index (χ0) is 15.6. The van der Waals surface area contributed by atoms with E-state index in [0.29, 0.717) is 19.0 Å². The van der Waals surface area contributed by atoms with Gasteiger partial charge in [0.15, 0.2) is 5.03 Å². The van der Waals surface area contributed by atoms with Crippen LogP contribution in [0, 0.1) is 5.92 Å². The number of hydrogen-bond acceptors (Lipinski definition) is 4. The highest BCUT2D eigenvalue weighted by molar-refractivity contribution is 7.89. The van der Waals surface area contributed by atoms with E-state index in [1.54, 1.807) is 34.5 Å². The van der Waals surface area contributed by atoms with Crippen LogP contribution in [0.3, 0.4) is 0 Å². The van der Waals surface area contributed by atoms with Crippen molar-refractivity contribution in [2.24, 2.45) is 13.0 Å². The molecule has 1 saturated heterocycles. The zero-order valence-electron chi connectivity index (χ0n) is 12.6. The number of sulfonamides is 1. The normalized spacial score (nSPS) is 17.7. The predicted octanol–water partition coefficient (Wildman–Crippen LogP) is 1.46. The molecule has 22 heavy (non-hydrogen) atoms. The summed E-state index contributed by atoms with van der Waals surface area (Å²) in [7, 11) is -1.68. The first-order valence-corrected chi connectivity index (χ1v) is 8.87. The maximum atomic E-state index is 12.5. The van der Waals surface area contributed by atoms with Gasteiger partial charge < -0.3 is 4.57 Å². The van der Waals surface area contributed by atoms with Crippen LogP contribution in [0.5, 0.6) is 0 Å². The van der Waals surface area contributed by atoms with Crippen molar-refractivity contribution in [2.45, 2.75) is 24.3 Å². The Kier molecular flexibility index (Phi) is 4.26. The van der Waals surface area contributed by atoms with Gasteiger partial charge in [-0.2, -0.15) is 4.31 Å². The van der Waals surface area contributed by atoms with Crippen molar-refractivity contribution in [3.05, 3.63) is 42.6 Å². The number of nitrogens with zero attached hydrogens (tertiary/aromatic N) is 4. The summed E-state index contributed by atoms with van der Waals surface area (Å²) >= 11 is 0. The highest BCUT2D eigenvalue weighted by Crippen LogP contribution is 2.25. The minimum absolute atomic E-state index is 0.141. The van der Waals surface area contributed by atoms with Gasteiger partial charge in [0, 0.05) is 38.7 Å². The molecule has 1 fully saturated rings. The van der Waals surface area contributed by atoms with Gasteiger partial charge in [0.05, 0.1) is 6.33 Å². The van der Waals surface area contributed by atoms with Gasteiger partial charge in [-0.25, -0.2) is 13.4 Å². The molecule has 0 unspecified atom stereocenters. The summed E-state index contributed by atoms with van der Waals surface area (Å²) in [5.41, 5.74) is 1.26. The van der Waals surface area contributed by atoms with Gasteiger partial charge in [-0.3, -0.25) is 4.98 Å². The summed E-state index contributed by atoms with van der Waals surface area (Å²) in [4.78, 5) is 8.00. The van der Waals surface area contributed by atoms with Gasteiger partial charge in [0.1, 0.15) is 0 Å². The van der Waals surface area contributed by atoms with Gasteiger partial charge in [-0.1, -0.05) is 0 Å². The number of hydrogen-bond donors (Lipinski definition) is 0. The van der Waals surface area contributed by atoms with Gasteiger partial charge in [0.25, 0.3) is 10.0 Å². The fraction of sp³-hybridized carbons (Fsp3) is 0.467. The molecule has 0 aliphatic carbocycles. The van der Waals surface area contributed by atoms with Crippen LogP contribution in [0.15, 0.2) is 42.1 Å². The molecule has 0 bridgehead atoms. The van der Waals surface area contributed by atoms with E-state index in [2.05, 4.69) is 9.97 Å². The summed E-state index contributed by atoms with van der Waals surface area (Å²) in [5, 5.41) is 0.141. The molecule has 0 aromatic carbocycles. The molecule has 0 atom stereocenters. The fourth-order valence-corrected chi connectivity index (χ4v) is 4.30. The number of aromatic nitrogens is 3. The third-order valence-corrected chi connectivity index (χ3v) is 5.92. The Bertz CT molecular complexity index is 719. The van der Waals surface area contributed by atoms with Crippen LogP contribution in [-0.4, -0.2) is 40.3 Å². The van der Waals surface area contributed by atoms with Crippen molar-refractivity contribution in [3.8, 4) is 0 Å². The van der Waals surface area contributed by atoms with Crippen LogP contribution in [0.2, 0.25) is 0 Å². The minimum Gasteiger partial charge on any atom is -0.339 e. The van der Waals surface area contributed by atoms with E-state index in [9.17, 15) is 8.42 Å². The second kappa shape index (κ2) is 6.18. The fourth-order valence-electron chi connectivity index (χ4n) is 2.86. The largest absolute Gasteiger partial charge is 0.339 e. The van der Waals surface area contributed by atoms with E-state index in [-0.39, 0.29) is 5.03 Å². The maximum absolute atomic E-state index is 12.5. The SMILES string of the molecule is Cn1cnc(S(=O)(=O)N2CCC(Cc3ccncc3)CC2)c1. The number of piperidine rings is 1. The topological polar surface area (TPSA) is 68.1 Å². The molecule has 3 heterocycles. The zero-order valence-corrected chi connectivity index (χ0v) is 13.4. The second-order valence-corrected chi connectivity index (χ2v) is 7.67. The third kappa shape index (κ3) is 3.20. The summed E-state index contributed by atoms with van der Waals surface area (Å²) in [6.45, 7) is 1.13. The number of pyridine rings is 1. The maximum Gasteiger partial charge on any atom is 0.262 e. The molecule has 118 valence electrons. The molecule has 6 nitrogen and oxygen atoms in total. The van der Waals surface area contributed by atoms with Gasteiger partial charge >= 0.3 is 0 Å². The van der Waals surface area contributed by atoms with Crippen molar-refractivity contribution in [2.75, 3.05) is 13.1 Å². The van der Waals surface area contributed by atoms with Crippen LogP contribution in [0.4, 0.5) is 0 Å². The summed E-state index contributed by atoms with van der Waals surface area (Å²) in [5.74, 6) is 0.526. The van der Waals surface area contributed by atoms with Crippen molar-refractivity contribution in [1.82, 2.24) is 18.8 Å². The smallest absolute Gasteiger partial charge is 0.262 e. The number of imidazole rings is 1. The molecule has 1 aliphatic rings. The third-order valence-electron chi connectivity index (χ3n) is 4.13. The molecule has 1 aliphatic heterocycles. The Balaban J connectivity index is 1.62. The predicted molar refractivity (Wildman–Crippen MR) is 82.6 cm³/mol. The molecular formula is C15H20N4O2S. The first-order chi connectivity index (χ1) is 10.6. The average molecular weight is 320 g/mol. The first kappa shape index (κ1) is 15.2.